The van der Waals surface area contributed by atoms with Crippen molar-refractivity contribution in [2.75, 3.05) is 26.2 Å². The minimum atomic E-state index is -0.535. The van der Waals surface area contributed by atoms with Crippen molar-refractivity contribution in [3.63, 3.8) is 0 Å². The van der Waals surface area contributed by atoms with E-state index in [2.05, 4.69) is 77.7 Å². The number of amides is 1. The molecular weight excluding hydrogens is 486 g/mol. The molecule has 1 aliphatic heterocycles. The van der Waals surface area contributed by atoms with Gasteiger partial charge >= 0.3 is 0 Å². The Bertz CT molecular complexity index is 1230. The average molecular weight is 516 g/mol. The van der Waals surface area contributed by atoms with Gasteiger partial charge in [0.15, 0.2) is 0 Å². The molecule has 1 fully saturated rings. The quantitative estimate of drug-likeness (QED) is 0.335. The van der Waals surface area contributed by atoms with Gasteiger partial charge in [0.25, 0.3) is 0 Å². The number of hydrogen-bond acceptors (Lipinski definition) is 4. The fraction of sp³-hybridized carbons (Fsp3) is 0.233. The minimum Gasteiger partial charge on any atom is -0.339 e. The van der Waals surface area contributed by atoms with E-state index < -0.39 is 6.04 Å². The zero-order valence-electron chi connectivity index (χ0n) is 20.1. The number of carbonyl (C=O) groups is 1. The smallest absolute Gasteiger partial charge is 0.239 e. The van der Waals surface area contributed by atoms with Crippen molar-refractivity contribution >= 4 is 28.8 Å². The third-order valence-electron chi connectivity index (χ3n) is 6.75. The van der Waals surface area contributed by atoms with Crippen molar-refractivity contribution in [2.24, 2.45) is 5.73 Å². The van der Waals surface area contributed by atoms with Crippen LogP contribution in [0.25, 0.3) is 10.4 Å². The van der Waals surface area contributed by atoms with Gasteiger partial charge in [0.2, 0.25) is 5.91 Å². The van der Waals surface area contributed by atoms with E-state index in [0.29, 0.717) is 19.5 Å². The highest BCUT2D eigenvalue weighted by Crippen LogP contribution is 2.31. The zero-order chi connectivity index (χ0) is 24.9. The standard InChI is InChI=1S/C30H30ClN3OS/c31-25-13-11-22(12-14-25)28-16-15-26(36-28)21-27(32)30(35)34-19-17-33(18-20-34)29(23-7-3-1-4-8-23)24-9-5-2-6-10-24/h1-16,27,29H,17-21,32H2. The second-order valence-electron chi connectivity index (χ2n) is 9.17. The van der Waals surface area contributed by atoms with Crippen molar-refractivity contribution in [3.05, 3.63) is 118 Å². The number of thiophene rings is 1. The predicted octanol–water partition coefficient (Wildman–Crippen LogP) is 5.87. The molecular formula is C30H30ClN3OS. The molecule has 2 heterocycles. The van der Waals surface area contributed by atoms with Crippen molar-refractivity contribution in [2.45, 2.75) is 18.5 Å². The van der Waals surface area contributed by atoms with Crippen LogP contribution in [0.5, 0.6) is 0 Å². The van der Waals surface area contributed by atoms with E-state index in [0.717, 1.165) is 33.4 Å². The van der Waals surface area contributed by atoms with Gasteiger partial charge < -0.3 is 10.6 Å². The minimum absolute atomic E-state index is 0.0343. The average Bonchev–Trinajstić information content (AvgIpc) is 3.39. The fourth-order valence-corrected chi connectivity index (χ4v) is 6.08. The van der Waals surface area contributed by atoms with Crippen molar-refractivity contribution in [1.82, 2.24) is 9.80 Å². The summed E-state index contributed by atoms with van der Waals surface area (Å²) in [6.07, 6.45) is 0.550. The molecule has 2 N–H and O–H groups in total. The maximum atomic E-state index is 13.2. The normalized spacial score (nSPS) is 15.2. The zero-order valence-corrected chi connectivity index (χ0v) is 21.7. The molecule has 1 amide bonds. The number of nitrogens with zero attached hydrogens (tertiary/aromatic N) is 2. The van der Waals surface area contributed by atoms with E-state index in [-0.39, 0.29) is 11.9 Å². The summed E-state index contributed by atoms with van der Waals surface area (Å²) >= 11 is 7.69. The summed E-state index contributed by atoms with van der Waals surface area (Å²) in [5.74, 6) is 0.0343. The van der Waals surface area contributed by atoms with Crippen LogP contribution in [-0.4, -0.2) is 47.9 Å². The van der Waals surface area contributed by atoms with Gasteiger partial charge in [0.05, 0.1) is 12.1 Å². The van der Waals surface area contributed by atoms with Crippen LogP contribution >= 0.6 is 22.9 Å². The van der Waals surface area contributed by atoms with Gasteiger partial charge in [-0.05, 0) is 41.0 Å². The second-order valence-corrected chi connectivity index (χ2v) is 10.8. The van der Waals surface area contributed by atoms with Crippen molar-refractivity contribution in [3.8, 4) is 10.4 Å². The fourth-order valence-electron chi connectivity index (χ4n) is 4.88. The first-order valence-electron chi connectivity index (χ1n) is 12.3. The first-order chi connectivity index (χ1) is 17.6. The highest BCUT2D eigenvalue weighted by molar-refractivity contribution is 7.15. The van der Waals surface area contributed by atoms with Crippen molar-refractivity contribution in [1.29, 1.82) is 0 Å². The van der Waals surface area contributed by atoms with E-state index in [1.54, 1.807) is 11.3 Å². The molecule has 1 aliphatic rings. The Hall–Kier alpha value is -2.96. The van der Waals surface area contributed by atoms with Gasteiger partial charge in [-0.3, -0.25) is 9.69 Å². The van der Waals surface area contributed by atoms with Gasteiger partial charge in [0.1, 0.15) is 0 Å². The van der Waals surface area contributed by atoms with Crippen LogP contribution in [0.1, 0.15) is 22.0 Å². The van der Waals surface area contributed by atoms with Crippen molar-refractivity contribution < 1.29 is 4.79 Å². The lowest BCUT2D eigenvalue weighted by molar-refractivity contribution is -0.134. The molecule has 0 saturated carbocycles. The summed E-state index contributed by atoms with van der Waals surface area (Å²) in [5, 5.41) is 0.724. The van der Waals surface area contributed by atoms with E-state index in [1.807, 2.05) is 29.2 Å². The van der Waals surface area contributed by atoms with E-state index in [1.165, 1.54) is 11.1 Å². The second kappa shape index (κ2) is 11.4. The summed E-state index contributed by atoms with van der Waals surface area (Å²) < 4.78 is 0. The summed E-state index contributed by atoms with van der Waals surface area (Å²) in [7, 11) is 0. The van der Waals surface area contributed by atoms with Gasteiger partial charge in [0, 0.05) is 47.4 Å². The largest absolute Gasteiger partial charge is 0.339 e. The summed E-state index contributed by atoms with van der Waals surface area (Å²) in [6.45, 7) is 2.99. The highest BCUT2D eigenvalue weighted by Gasteiger charge is 2.30. The Labute approximate surface area is 221 Å². The number of hydrogen-bond donors (Lipinski definition) is 1. The topological polar surface area (TPSA) is 49.6 Å². The Kier molecular flexibility index (Phi) is 7.83. The first-order valence-corrected chi connectivity index (χ1v) is 13.5. The molecule has 1 saturated heterocycles. The molecule has 1 aromatic heterocycles. The Morgan fingerprint density at radius 1 is 0.806 bits per heavy atom. The van der Waals surface area contributed by atoms with Gasteiger partial charge in [-0.15, -0.1) is 11.3 Å². The maximum absolute atomic E-state index is 13.2. The molecule has 5 rings (SSSR count). The molecule has 4 nitrogen and oxygen atoms in total. The van der Waals surface area contributed by atoms with Gasteiger partial charge in [-0.2, -0.15) is 0 Å². The lowest BCUT2D eigenvalue weighted by Crippen LogP contribution is -2.54. The van der Waals surface area contributed by atoms with E-state index >= 15 is 0 Å². The first kappa shape index (κ1) is 24.7. The Morgan fingerprint density at radius 3 is 1.97 bits per heavy atom. The molecule has 1 unspecified atom stereocenters. The van der Waals surface area contributed by atoms with Gasteiger partial charge in [-0.25, -0.2) is 0 Å². The molecule has 6 heteroatoms. The van der Waals surface area contributed by atoms with Gasteiger partial charge in [-0.1, -0.05) is 84.4 Å². The van der Waals surface area contributed by atoms with Crippen LogP contribution in [0.15, 0.2) is 97.1 Å². The molecule has 1 atom stereocenters. The maximum Gasteiger partial charge on any atom is 0.239 e. The molecule has 184 valence electrons. The third kappa shape index (κ3) is 5.71. The third-order valence-corrected chi connectivity index (χ3v) is 8.16. The summed E-state index contributed by atoms with van der Waals surface area (Å²) in [6, 6.07) is 32.8. The number of benzene rings is 3. The Morgan fingerprint density at radius 2 is 1.39 bits per heavy atom. The van der Waals surface area contributed by atoms with Crippen LogP contribution in [0.4, 0.5) is 0 Å². The number of rotatable bonds is 7. The molecule has 3 aromatic carbocycles. The molecule has 0 spiro atoms. The lowest BCUT2D eigenvalue weighted by Gasteiger charge is -2.40. The molecule has 0 radical (unpaired) electrons. The lowest BCUT2D eigenvalue weighted by atomic mass is 9.96. The molecule has 36 heavy (non-hydrogen) atoms. The SMILES string of the molecule is NC(Cc1ccc(-c2ccc(Cl)cc2)s1)C(=O)N1CCN(C(c2ccccc2)c2ccccc2)CC1. The van der Waals surface area contributed by atoms with Crippen LogP contribution < -0.4 is 5.73 Å². The van der Waals surface area contributed by atoms with E-state index in [9.17, 15) is 4.79 Å². The summed E-state index contributed by atoms with van der Waals surface area (Å²) in [4.78, 5) is 19.9. The van der Waals surface area contributed by atoms with Crippen LogP contribution in [0, 0.1) is 0 Å². The summed E-state index contributed by atoms with van der Waals surface area (Å²) in [5.41, 5.74) is 10.1. The monoisotopic (exact) mass is 515 g/mol. The number of carbonyl (C=O) groups excluding carboxylic acids is 1. The molecule has 0 bridgehead atoms. The van der Waals surface area contributed by atoms with Crippen LogP contribution in [0.3, 0.4) is 0 Å². The van der Waals surface area contributed by atoms with E-state index in [4.69, 9.17) is 17.3 Å². The number of piperazine rings is 1. The Balaban J connectivity index is 1.21. The molecule has 0 aliphatic carbocycles. The number of nitrogens with two attached hydrogens (primary N) is 1. The predicted molar refractivity (Wildman–Crippen MR) is 149 cm³/mol. The highest BCUT2D eigenvalue weighted by atomic mass is 35.5. The van der Waals surface area contributed by atoms with Crippen LogP contribution in [0.2, 0.25) is 5.02 Å². The molecule has 4 aromatic rings. The van der Waals surface area contributed by atoms with Crippen LogP contribution in [-0.2, 0) is 11.2 Å². The number of halogens is 1.